The summed E-state index contributed by atoms with van der Waals surface area (Å²) >= 11 is 1.31. The second-order valence-electron chi connectivity index (χ2n) is 4.72. The largest absolute Gasteiger partial charge is 0.335 e. The van der Waals surface area contributed by atoms with Crippen molar-refractivity contribution in [3.05, 3.63) is 70.3 Å². The first-order valence-corrected chi connectivity index (χ1v) is 7.76. The van der Waals surface area contributed by atoms with E-state index in [0.717, 1.165) is 5.56 Å². The predicted octanol–water partition coefficient (Wildman–Crippen LogP) is 2.86. The molecule has 0 aliphatic rings. The van der Waals surface area contributed by atoms with Crippen LogP contribution in [0.15, 0.2) is 59.8 Å². The lowest BCUT2D eigenvalue weighted by molar-refractivity contribution is -0.385. The highest BCUT2D eigenvalue weighted by Gasteiger charge is 2.16. The number of hydrogen-bond donors (Lipinski definition) is 1. The standard InChI is InChI=1S/C15H13N5O2S/c16-19-14(11-6-2-1-3-7-11)17-18-15(19)23-10-12-8-4-5-9-13(12)20(21)22/h1-9H,10,16H2. The number of aromatic nitrogens is 3. The molecule has 7 nitrogen and oxygen atoms in total. The predicted molar refractivity (Wildman–Crippen MR) is 88.3 cm³/mol. The quantitative estimate of drug-likeness (QED) is 0.335. The first-order chi connectivity index (χ1) is 11.2. The molecule has 0 unspecified atom stereocenters. The zero-order valence-electron chi connectivity index (χ0n) is 12.0. The third-order valence-corrected chi connectivity index (χ3v) is 4.23. The normalized spacial score (nSPS) is 10.6. The molecule has 0 fully saturated rings. The fourth-order valence-corrected chi connectivity index (χ4v) is 2.97. The number of nitrogens with two attached hydrogens (primary N) is 1. The van der Waals surface area contributed by atoms with Crippen LogP contribution in [0.5, 0.6) is 0 Å². The van der Waals surface area contributed by atoms with E-state index in [4.69, 9.17) is 5.84 Å². The van der Waals surface area contributed by atoms with Gasteiger partial charge in [-0.25, -0.2) is 4.68 Å². The van der Waals surface area contributed by atoms with Crippen molar-refractivity contribution in [3.8, 4) is 11.4 Å². The van der Waals surface area contributed by atoms with E-state index in [1.165, 1.54) is 22.5 Å². The van der Waals surface area contributed by atoms with E-state index < -0.39 is 4.92 Å². The van der Waals surface area contributed by atoms with Gasteiger partial charge in [-0.05, 0) is 0 Å². The number of nitro benzene ring substituents is 1. The Hall–Kier alpha value is -2.87. The maximum Gasteiger partial charge on any atom is 0.273 e. The van der Waals surface area contributed by atoms with Gasteiger partial charge in [-0.15, -0.1) is 10.2 Å². The van der Waals surface area contributed by atoms with Gasteiger partial charge < -0.3 is 5.84 Å². The molecule has 116 valence electrons. The van der Waals surface area contributed by atoms with Crippen molar-refractivity contribution in [3.63, 3.8) is 0 Å². The van der Waals surface area contributed by atoms with Gasteiger partial charge in [0.05, 0.1) is 4.92 Å². The molecule has 0 spiro atoms. The summed E-state index contributed by atoms with van der Waals surface area (Å²) < 4.78 is 1.40. The molecule has 2 N–H and O–H groups in total. The number of benzene rings is 2. The Morgan fingerprint density at radius 1 is 1.09 bits per heavy atom. The molecule has 8 heteroatoms. The smallest absolute Gasteiger partial charge is 0.273 e. The highest BCUT2D eigenvalue weighted by atomic mass is 32.2. The van der Waals surface area contributed by atoms with Gasteiger partial charge in [0.2, 0.25) is 5.16 Å². The van der Waals surface area contributed by atoms with Crippen LogP contribution in [0.4, 0.5) is 5.69 Å². The van der Waals surface area contributed by atoms with Crippen LogP contribution in [0.1, 0.15) is 5.56 Å². The van der Waals surface area contributed by atoms with Crippen molar-refractivity contribution in [1.29, 1.82) is 0 Å². The Bertz CT molecular complexity index is 835. The van der Waals surface area contributed by atoms with E-state index in [2.05, 4.69) is 10.2 Å². The average Bonchev–Trinajstić information content (AvgIpc) is 2.94. The fourth-order valence-electron chi connectivity index (χ4n) is 2.11. The van der Waals surface area contributed by atoms with Gasteiger partial charge in [0.15, 0.2) is 5.82 Å². The molecule has 0 aliphatic heterocycles. The van der Waals surface area contributed by atoms with Gasteiger partial charge in [0, 0.05) is 22.9 Å². The highest BCUT2D eigenvalue weighted by molar-refractivity contribution is 7.98. The molecule has 1 aromatic heterocycles. The first kappa shape index (κ1) is 15.0. The van der Waals surface area contributed by atoms with Crippen molar-refractivity contribution in [1.82, 2.24) is 14.9 Å². The summed E-state index contributed by atoms with van der Waals surface area (Å²) in [7, 11) is 0. The van der Waals surface area contributed by atoms with Crippen LogP contribution in [-0.4, -0.2) is 19.8 Å². The lowest BCUT2D eigenvalue weighted by atomic mass is 10.2. The second-order valence-corrected chi connectivity index (χ2v) is 5.66. The first-order valence-electron chi connectivity index (χ1n) is 6.78. The van der Waals surface area contributed by atoms with Crippen molar-refractivity contribution in [2.75, 3.05) is 5.84 Å². The number of para-hydroxylation sites is 1. The van der Waals surface area contributed by atoms with E-state index >= 15 is 0 Å². The van der Waals surface area contributed by atoms with Gasteiger partial charge in [-0.1, -0.05) is 60.3 Å². The second kappa shape index (κ2) is 6.49. The Morgan fingerprint density at radius 3 is 2.52 bits per heavy atom. The number of hydrogen-bond acceptors (Lipinski definition) is 6. The third-order valence-electron chi connectivity index (χ3n) is 3.24. The molecule has 1 heterocycles. The summed E-state index contributed by atoms with van der Waals surface area (Å²) in [5.74, 6) is 6.98. The Balaban J connectivity index is 1.80. The van der Waals surface area contributed by atoms with E-state index in [-0.39, 0.29) is 5.69 Å². The molecule has 0 amide bonds. The summed E-state index contributed by atoms with van der Waals surface area (Å²) in [6, 6.07) is 16.1. The minimum atomic E-state index is -0.390. The summed E-state index contributed by atoms with van der Waals surface area (Å²) in [6.45, 7) is 0. The molecule has 2 aromatic carbocycles. The van der Waals surface area contributed by atoms with Gasteiger partial charge in [-0.3, -0.25) is 10.1 Å². The van der Waals surface area contributed by atoms with Crippen LogP contribution in [0.3, 0.4) is 0 Å². The molecule has 23 heavy (non-hydrogen) atoms. The molecule has 3 rings (SSSR count). The molecule has 0 radical (unpaired) electrons. The SMILES string of the molecule is Nn1c(SCc2ccccc2[N+](=O)[O-])nnc1-c1ccccc1. The highest BCUT2D eigenvalue weighted by Crippen LogP contribution is 2.28. The lowest BCUT2D eigenvalue weighted by Gasteiger charge is -2.04. The van der Waals surface area contributed by atoms with Crippen LogP contribution >= 0.6 is 11.8 Å². The molecule has 0 atom stereocenters. The number of thioether (sulfide) groups is 1. The maximum atomic E-state index is 11.0. The van der Waals surface area contributed by atoms with Crippen molar-refractivity contribution in [2.45, 2.75) is 10.9 Å². The lowest BCUT2D eigenvalue weighted by Crippen LogP contribution is -2.11. The number of nitro groups is 1. The van der Waals surface area contributed by atoms with E-state index in [9.17, 15) is 10.1 Å². The molecule has 3 aromatic rings. The zero-order valence-corrected chi connectivity index (χ0v) is 12.8. The third kappa shape index (κ3) is 3.16. The van der Waals surface area contributed by atoms with Gasteiger partial charge in [-0.2, -0.15) is 0 Å². The van der Waals surface area contributed by atoms with E-state index in [0.29, 0.717) is 22.3 Å². The zero-order chi connectivity index (χ0) is 16.2. The van der Waals surface area contributed by atoms with Crippen LogP contribution < -0.4 is 5.84 Å². The topological polar surface area (TPSA) is 99.9 Å². The monoisotopic (exact) mass is 327 g/mol. The van der Waals surface area contributed by atoms with Crippen LogP contribution in [-0.2, 0) is 5.75 Å². The average molecular weight is 327 g/mol. The van der Waals surface area contributed by atoms with Crippen LogP contribution in [0.2, 0.25) is 0 Å². The Morgan fingerprint density at radius 2 is 1.78 bits per heavy atom. The molecule has 0 bridgehead atoms. The molecular formula is C15H13N5O2S. The molecule has 0 saturated heterocycles. The van der Waals surface area contributed by atoms with E-state index in [1.807, 2.05) is 30.3 Å². The minimum absolute atomic E-state index is 0.0892. The van der Waals surface area contributed by atoms with Crippen LogP contribution in [0.25, 0.3) is 11.4 Å². The summed E-state index contributed by atoms with van der Waals surface area (Å²) in [5.41, 5.74) is 1.57. The summed E-state index contributed by atoms with van der Waals surface area (Å²) in [6.07, 6.45) is 0. The molecule has 0 saturated carbocycles. The molecular weight excluding hydrogens is 314 g/mol. The van der Waals surface area contributed by atoms with Gasteiger partial charge in [0.1, 0.15) is 0 Å². The van der Waals surface area contributed by atoms with Crippen molar-refractivity contribution in [2.24, 2.45) is 0 Å². The number of rotatable bonds is 5. The Kier molecular flexibility index (Phi) is 4.24. The Labute approximate surface area is 136 Å². The summed E-state index contributed by atoms with van der Waals surface area (Å²) in [5, 5.41) is 19.7. The molecule has 0 aliphatic carbocycles. The van der Waals surface area contributed by atoms with E-state index in [1.54, 1.807) is 18.2 Å². The maximum absolute atomic E-state index is 11.0. The van der Waals surface area contributed by atoms with Gasteiger partial charge >= 0.3 is 0 Å². The number of nitrogen functional groups attached to an aromatic ring is 1. The fraction of sp³-hybridized carbons (Fsp3) is 0.0667. The van der Waals surface area contributed by atoms with Gasteiger partial charge in [0.25, 0.3) is 5.69 Å². The van der Waals surface area contributed by atoms with Crippen LogP contribution in [0, 0.1) is 10.1 Å². The summed E-state index contributed by atoms with van der Waals surface area (Å²) in [4.78, 5) is 10.6. The minimum Gasteiger partial charge on any atom is -0.335 e. The van der Waals surface area contributed by atoms with Crippen molar-refractivity contribution >= 4 is 17.4 Å². The van der Waals surface area contributed by atoms with Crippen molar-refractivity contribution < 1.29 is 4.92 Å². The number of nitrogens with zero attached hydrogens (tertiary/aromatic N) is 4.